The molecule has 3 heterocycles. The maximum Gasteiger partial charge on any atom is 0.409 e. The summed E-state index contributed by atoms with van der Waals surface area (Å²) >= 11 is 1.64. The monoisotopic (exact) mass is 313 g/mol. The Bertz CT molecular complexity index is 824. The number of H-pyrrole nitrogens is 1. The molecule has 3 aromatic rings. The van der Waals surface area contributed by atoms with Crippen LogP contribution in [0.3, 0.4) is 0 Å². The van der Waals surface area contributed by atoms with Crippen LogP contribution in [0.5, 0.6) is 0 Å². The third-order valence-corrected chi connectivity index (χ3v) is 4.77. The first-order valence-corrected chi connectivity index (χ1v) is 8.12. The van der Waals surface area contributed by atoms with E-state index < -0.39 is 0 Å². The first kappa shape index (κ1) is 13.3. The molecule has 112 valence electrons. The Morgan fingerprint density at radius 3 is 3.14 bits per heavy atom. The van der Waals surface area contributed by atoms with E-state index in [0.717, 1.165) is 28.2 Å². The summed E-state index contributed by atoms with van der Waals surface area (Å²) in [6.07, 6.45) is 2.55. The fourth-order valence-electron chi connectivity index (χ4n) is 2.69. The van der Waals surface area contributed by atoms with E-state index in [1.165, 1.54) is 5.39 Å². The number of amides is 1. The number of para-hydroxylation sites is 1. The van der Waals surface area contributed by atoms with Crippen molar-refractivity contribution in [2.75, 3.05) is 19.7 Å². The summed E-state index contributed by atoms with van der Waals surface area (Å²) in [6.45, 7) is 1.84. The number of nitrogens with one attached hydrogen (secondary N) is 1. The topological polar surface area (TPSA) is 58.2 Å². The molecule has 2 aromatic heterocycles. The Morgan fingerprint density at radius 2 is 2.27 bits per heavy atom. The van der Waals surface area contributed by atoms with Crippen molar-refractivity contribution in [2.45, 2.75) is 6.42 Å². The van der Waals surface area contributed by atoms with Crippen LogP contribution in [0.1, 0.15) is 5.01 Å². The van der Waals surface area contributed by atoms with E-state index in [0.29, 0.717) is 19.7 Å². The van der Waals surface area contributed by atoms with Gasteiger partial charge in [0, 0.05) is 41.0 Å². The highest BCUT2D eigenvalue weighted by atomic mass is 32.1. The number of carbonyl (C=O) groups excluding carboxylic acids is 1. The number of hydrogen-bond donors (Lipinski definition) is 1. The molecule has 1 amide bonds. The first-order chi connectivity index (χ1) is 10.8. The van der Waals surface area contributed by atoms with Gasteiger partial charge in [0.2, 0.25) is 0 Å². The molecule has 1 aromatic carbocycles. The van der Waals surface area contributed by atoms with E-state index in [9.17, 15) is 4.79 Å². The summed E-state index contributed by atoms with van der Waals surface area (Å²) in [7, 11) is 0. The fraction of sp³-hybridized carbons (Fsp3) is 0.250. The zero-order valence-electron chi connectivity index (χ0n) is 11.9. The number of nitrogens with zero attached hydrogens (tertiary/aromatic N) is 2. The SMILES string of the molecule is O=C1OCCN1CCc1nc(-c2c[nH]c3ccccc23)cs1. The maximum absolute atomic E-state index is 11.4. The predicted octanol–water partition coefficient (Wildman–Crippen LogP) is 3.29. The van der Waals surface area contributed by atoms with Crippen molar-refractivity contribution < 1.29 is 9.53 Å². The quantitative estimate of drug-likeness (QED) is 0.804. The van der Waals surface area contributed by atoms with Crippen LogP contribution >= 0.6 is 11.3 Å². The molecule has 0 aliphatic carbocycles. The predicted molar refractivity (Wildman–Crippen MR) is 86.0 cm³/mol. The van der Waals surface area contributed by atoms with E-state index in [1.807, 2.05) is 18.3 Å². The van der Waals surface area contributed by atoms with Crippen molar-refractivity contribution in [3.05, 3.63) is 40.8 Å². The van der Waals surface area contributed by atoms with Gasteiger partial charge in [0.05, 0.1) is 17.2 Å². The number of cyclic esters (lactones) is 1. The van der Waals surface area contributed by atoms with Crippen LogP contribution in [-0.2, 0) is 11.2 Å². The van der Waals surface area contributed by atoms with Crippen molar-refractivity contribution in [1.82, 2.24) is 14.9 Å². The highest BCUT2D eigenvalue weighted by Gasteiger charge is 2.21. The Morgan fingerprint density at radius 1 is 1.36 bits per heavy atom. The van der Waals surface area contributed by atoms with Gasteiger partial charge in [-0.1, -0.05) is 18.2 Å². The molecule has 0 spiro atoms. The van der Waals surface area contributed by atoms with Gasteiger partial charge in [-0.15, -0.1) is 11.3 Å². The Labute approximate surface area is 131 Å². The van der Waals surface area contributed by atoms with Gasteiger partial charge < -0.3 is 14.6 Å². The second kappa shape index (κ2) is 5.46. The molecule has 0 saturated carbocycles. The molecule has 22 heavy (non-hydrogen) atoms. The zero-order chi connectivity index (χ0) is 14.9. The third-order valence-electron chi connectivity index (χ3n) is 3.86. The van der Waals surface area contributed by atoms with Crippen molar-refractivity contribution in [1.29, 1.82) is 0 Å². The van der Waals surface area contributed by atoms with Crippen LogP contribution in [-0.4, -0.2) is 40.7 Å². The molecule has 0 radical (unpaired) electrons. The zero-order valence-corrected chi connectivity index (χ0v) is 12.7. The smallest absolute Gasteiger partial charge is 0.409 e. The average molecular weight is 313 g/mol. The van der Waals surface area contributed by atoms with Gasteiger partial charge in [0.25, 0.3) is 0 Å². The molecule has 6 heteroatoms. The third kappa shape index (κ3) is 2.35. The molecule has 1 aliphatic rings. The minimum absolute atomic E-state index is 0.214. The number of rotatable bonds is 4. The summed E-state index contributed by atoms with van der Waals surface area (Å²) in [4.78, 5) is 21.1. The van der Waals surface area contributed by atoms with E-state index in [-0.39, 0.29) is 6.09 Å². The van der Waals surface area contributed by atoms with Crippen molar-refractivity contribution in [3.8, 4) is 11.3 Å². The van der Waals surface area contributed by atoms with Crippen LogP contribution in [0, 0.1) is 0 Å². The van der Waals surface area contributed by atoms with Gasteiger partial charge in [0.15, 0.2) is 0 Å². The molecule has 1 N–H and O–H groups in total. The second-order valence-electron chi connectivity index (χ2n) is 5.23. The molecule has 1 fully saturated rings. The lowest BCUT2D eigenvalue weighted by atomic mass is 10.1. The van der Waals surface area contributed by atoms with E-state index in [4.69, 9.17) is 9.72 Å². The number of thiazole rings is 1. The molecular weight excluding hydrogens is 298 g/mol. The number of aromatic amines is 1. The molecule has 1 saturated heterocycles. The summed E-state index contributed by atoms with van der Waals surface area (Å²) in [5, 5.41) is 4.30. The highest BCUT2D eigenvalue weighted by molar-refractivity contribution is 7.10. The minimum Gasteiger partial charge on any atom is -0.448 e. The second-order valence-corrected chi connectivity index (χ2v) is 6.17. The highest BCUT2D eigenvalue weighted by Crippen LogP contribution is 2.29. The van der Waals surface area contributed by atoms with Gasteiger partial charge in [-0.05, 0) is 6.07 Å². The molecular formula is C16H15N3O2S. The fourth-order valence-corrected chi connectivity index (χ4v) is 3.48. The van der Waals surface area contributed by atoms with Crippen LogP contribution < -0.4 is 0 Å². The Kier molecular flexibility index (Phi) is 3.31. The van der Waals surface area contributed by atoms with Crippen molar-refractivity contribution in [2.24, 2.45) is 0 Å². The molecule has 0 bridgehead atoms. The number of benzene rings is 1. The van der Waals surface area contributed by atoms with Crippen LogP contribution in [0.25, 0.3) is 22.2 Å². The standard InChI is InChI=1S/C16H15N3O2S/c20-16-19(7-8-21-16)6-5-15-18-14(10-22-15)12-9-17-13-4-2-1-3-11(12)13/h1-4,9-10,17H,5-8H2. The van der Waals surface area contributed by atoms with Crippen LogP contribution in [0.15, 0.2) is 35.8 Å². The van der Waals surface area contributed by atoms with E-state index in [1.54, 1.807) is 16.2 Å². The maximum atomic E-state index is 11.4. The Hall–Kier alpha value is -2.34. The largest absolute Gasteiger partial charge is 0.448 e. The molecule has 0 atom stereocenters. The Balaban J connectivity index is 1.52. The van der Waals surface area contributed by atoms with Gasteiger partial charge in [-0.25, -0.2) is 9.78 Å². The number of carbonyl (C=O) groups is 1. The van der Waals surface area contributed by atoms with Gasteiger partial charge in [-0.3, -0.25) is 0 Å². The average Bonchev–Trinajstić information content (AvgIpc) is 3.24. The van der Waals surface area contributed by atoms with E-state index in [2.05, 4.69) is 22.5 Å². The number of aromatic nitrogens is 2. The van der Waals surface area contributed by atoms with Gasteiger partial charge >= 0.3 is 6.09 Å². The summed E-state index contributed by atoms with van der Waals surface area (Å²) < 4.78 is 4.93. The summed E-state index contributed by atoms with van der Waals surface area (Å²) in [6, 6.07) is 8.21. The summed E-state index contributed by atoms with van der Waals surface area (Å²) in [5.41, 5.74) is 3.23. The lowest BCUT2D eigenvalue weighted by Crippen LogP contribution is -2.26. The number of fused-ring (bicyclic) bond motifs is 1. The minimum atomic E-state index is -0.214. The van der Waals surface area contributed by atoms with Gasteiger partial charge in [0.1, 0.15) is 6.61 Å². The normalized spacial score (nSPS) is 14.7. The summed E-state index contributed by atoms with van der Waals surface area (Å²) in [5.74, 6) is 0. The van der Waals surface area contributed by atoms with Crippen molar-refractivity contribution in [3.63, 3.8) is 0 Å². The number of ether oxygens (including phenoxy) is 1. The van der Waals surface area contributed by atoms with Crippen LogP contribution in [0.4, 0.5) is 4.79 Å². The molecule has 5 nitrogen and oxygen atoms in total. The van der Waals surface area contributed by atoms with E-state index >= 15 is 0 Å². The lowest BCUT2D eigenvalue weighted by molar-refractivity contribution is 0.159. The number of hydrogen-bond acceptors (Lipinski definition) is 4. The first-order valence-electron chi connectivity index (χ1n) is 7.24. The lowest BCUT2D eigenvalue weighted by Gasteiger charge is -2.10. The molecule has 4 rings (SSSR count). The van der Waals surface area contributed by atoms with Crippen LogP contribution in [0.2, 0.25) is 0 Å². The molecule has 0 unspecified atom stereocenters. The van der Waals surface area contributed by atoms with Crippen molar-refractivity contribution >= 4 is 28.3 Å². The molecule has 1 aliphatic heterocycles. The van der Waals surface area contributed by atoms with Gasteiger partial charge in [-0.2, -0.15) is 0 Å².